The number of carboxylic acids is 1. The van der Waals surface area contributed by atoms with E-state index in [2.05, 4.69) is 12.2 Å². The minimum Gasteiger partial charge on any atom is -0.478 e. The lowest BCUT2D eigenvalue weighted by Crippen LogP contribution is -2.26. The molecule has 1 aliphatic carbocycles. The van der Waals surface area contributed by atoms with Crippen LogP contribution in [0.15, 0.2) is 42.5 Å². The normalized spacial score (nSPS) is 31.3. The van der Waals surface area contributed by atoms with Crippen LogP contribution in [0.1, 0.15) is 60.9 Å². The molecule has 1 unspecified atom stereocenters. The number of carboxylic acid groups (broad SMARTS) is 1. The molecule has 3 fully saturated rings. The Labute approximate surface area is 166 Å². The van der Waals surface area contributed by atoms with Crippen LogP contribution in [0.5, 0.6) is 0 Å². The highest BCUT2D eigenvalue weighted by atomic mass is 16.5. The van der Waals surface area contributed by atoms with Crippen molar-refractivity contribution in [1.29, 1.82) is 0 Å². The molecule has 5 atom stereocenters. The molecule has 4 rings (SSSR count). The maximum atomic E-state index is 11.1. The molecular weight excluding hydrogens is 352 g/mol. The molecule has 1 aromatic rings. The third kappa shape index (κ3) is 4.23. The van der Waals surface area contributed by atoms with Gasteiger partial charge in [0.1, 0.15) is 0 Å². The molecular formula is C24H30O4. The fourth-order valence-corrected chi connectivity index (χ4v) is 5.22. The molecule has 2 N–H and O–H groups in total. The predicted octanol–water partition coefficient (Wildman–Crippen LogP) is 4.69. The van der Waals surface area contributed by atoms with Crippen molar-refractivity contribution in [1.82, 2.24) is 0 Å². The van der Waals surface area contributed by atoms with Gasteiger partial charge in [-0.1, -0.05) is 49.3 Å². The molecule has 0 amide bonds. The molecule has 0 radical (unpaired) electrons. The summed E-state index contributed by atoms with van der Waals surface area (Å²) < 4.78 is 6.16. The number of hydrogen-bond acceptors (Lipinski definition) is 3. The van der Waals surface area contributed by atoms with Crippen LogP contribution < -0.4 is 0 Å². The molecule has 3 aliphatic rings. The Kier molecular flexibility index (Phi) is 5.98. The zero-order valence-corrected chi connectivity index (χ0v) is 16.2. The Bertz CT molecular complexity index is 747. The highest BCUT2D eigenvalue weighted by Crippen LogP contribution is 2.46. The molecule has 0 aromatic heterocycles. The van der Waals surface area contributed by atoms with Gasteiger partial charge in [-0.3, -0.25) is 0 Å². The largest absolute Gasteiger partial charge is 0.478 e. The van der Waals surface area contributed by atoms with Gasteiger partial charge in [0.15, 0.2) is 0 Å². The van der Waals surface area contributed by atoms with Crippen LogP contribution in [0.25, 0.3) is 6.08 Å². The zero-order chi connectivity index (χ0) is 19.5. The summed E-state index contributed by atoms with van der Waals surface area (Å²) in [6, 6.07) is 7.01. The van der Waals surface area contributed by atoms with Crippen molar-refractivity contribution in [3.63, 3.8) is 0 Å². The van der Waals surface area contributed by atoms with Gasteiger partial charge in [0.25, 0.3) is 0 Å². The van der Waals surface area contributed by atoms with Crippen LogP contribution in [-0.2, 0) is 4.74 Å². The molecule has 1 saturated carbocycles. The third-order valence-corrected chi connectivity index (χ3v) is 6.75. The van der Waals surface area contributed by atoms with Gasteiger partial charge in [-0.25, -0.2) is 4.79 Å². The number of hydrogen-bond donors (Lipinski definition) is 2. The molecule has 4 heteroatoms. The van der Waals surface area contributed by atoms with E-state index in [0.29, 0.717) is 29.4 Å². The van der Waals surface area contributed by atoms with Gasteiger partial charge in [0.05, 0.1) is 23.9 Å². The highest BCUT2D eigenvalue weighted by Gasteiger charge is 2.46. The van der Waals surface area contributed by atoms with Crippen LogP contribution in [0.2, 0.25) is 0 Å². The van der Waals surface area contributed by atoms with Gasteiger partial charge >= 0.3 is 5.97 Å². The molecule has 2 heterocycles. The zero-order valence-electron chi connectivity index (χ0n) is 16.2. The molecule has 28 heavy (non-hydrogen) atoms. The van der Waals surface area contributed by atoms with Crippen molar-refractivity contribution in [2.75, 3.05) is 0 Å². The quantitative estimate of drug-likeness (QED) is 0.672. The summed E-state index contributed by atoms with van der Waals surface area (Å²) in [6.07, 6.45) is 16.6. The number of aliphatic hydroxyl groups excluding tert-OH is 1. The van der Waals surface area contributed by atoms with Crippen molar-refractivity contribution in [2.24, 2.45) is 17.8 Å². The maximum absolute atomic E-state index is 11.1. The number of ether oxygens (including phenoxy) is 1. The van der Waals surface area contributed by atoms with Crippen molar-refractivity contribution >= 4 is 12.0 Å². The van der Waals surface area contributed by atoms with Crippen LogP contribution in [0, 0.1) is 17.8 Å². The van der Waals surface area contributed by atoms with Crippen LogP contribution in [-0.4, -0.2) is 34.5 Å². The lowest BCUT2D eigenvalue weighted by atomic mass is 9.77. The Morgan fingerprint density at radius 1 is 1.18 bits per heavy atom. The summed E-state index contributed by atoms with van der Waals surface area (Å²) in [6.45, 7) is 0. The summed E-state index contributed by atoms with van der Waals surface area (Å²) in [5.41, 5.74) is 1.22. The standard InChI is InChI=1S/C24H30O4/c25-21(17-7-1-2-8-17)12-11-20-19(22-13-14-23(20)28-22)10-4-6-16-5-3-9-18(15-16)24(26)27/h3-6,9,11-12,15,17,19-23,25H,1-2,7-8,10,13-14H2,(H,26,27)/b6-4+,12-11?/t19-,20+,21?,22-,23+/m1/s1. The second-order valence-corrected chi connectivity index (χ2v) is 8.52. The molecule has 150 valence electrons. The summed E-state index contributed by atoms with van der Waals surface area (Å²) in [5.74, 6) is 0.327. The van der Waals surface area contributed by atoms with E-state index in [1.54, 1.807) is 18.2 Å². The van der Waals surface area contributed by atoms with E-state index in [1.165, 1.54) is 12.8 Å². The number of rotatable bonds is 7. The van der Waals surface area contributed by atoms with Crippen LogP contribution in [0.4, 0.5) is 0 Å². The van der Waals surface area contributed by atoms with Gasteiger partial charge in [-0.15, -0.1) is 0 Å². The summed E-state index contributed by atoms with van der Waals surface area (Å²) >= 11 is 0. The SMILES string of the molecule is O=C(O)c1cccc(/C=C/C[C@@H]2[C@H](C=CC(O)C3CCCC3)[C@@H]3CC[C@H]2O3)c1. The van der Waals surface area contributed by atoms with E-state index in [1.807, 2.05) is 18.2 Å². The lowest BCUT2D eigenvalue weighted by Gasteiger charge is -2.25. The molecule has 0 spiro atoms. The smallest absolute Gasteiger partial charge is 0.335 e. The fourth-order valence-electron chi connectivity index (χ4n) is 5.22. The van der Waals surface area contributed by atoms with Gasteiger partial charge in [-0.2, -0.15) is 0 Å². The van der Waals surface area contributed by atoms with Crippen molar-refractivity contribution < 1.29 is 19.7 Å². The van der Waals surface area contributed by atoms with E-state index in [4.69, 9.17) is 9.84 Å². The molecule has 2 aliphatic heterocycles. The van der Waals surface area contributed by atoms with E-state index < -0.39 is 5.97 Å². The van der Waals surface area contributed by atoms with Gasteiger partial charge in [-0.05, 0) is 61.6 Å². The topological polar surface area (TPSA) is 66.8 Å². The van der Waals surface area contributed by atoms with Crippen molar-refractivity contribution in [2.45, 2.75) is 63.3 Å². The van der Waals surface area contributed by atoms with E-state index in [-0.39, 0.29) is 12.2 Å². The summed E-state index contributed by atoms with van der Waals surface area (Å²) in [5, 5.41) is 19.6. The number of fused-ring (bicyclic) bond motifs is 2. The van der Waals surface area contributed by atoms with Gasteiger partial charge in [0.2, 0.25) is 0 Å². The lowest BCUT2D eigenvalue weighted by molar-refractivity contribution is 0.0696. The number of aliphatic hydroxyl groups is 1. The number of aromatic carboxylic acids is 1. The van der Waals surface area contributed by atoms with E-state index in [0.717, 1.165) is 37.7 Å². The molecule has 1 aromatic carbocycles. The van der Waals surface area contributed by atoms with Crippen molar-refractivity contribution in [3.05, 3.63) is 53.6 Å². The molecule has 2 saturated heterocycles. The number of allylic oxidation sites excluding steroid dienone is 1. The van der Waals surface area contributed by atoms with Gasteiger partial charge < -0.3 is 14.9 Å². The first-order valence-electron chi connectivity index (χ1n) is 10.6. The fraction of sp³-hybridized carbons (Fsp3) is 0.542. The monoisotopic (exact) mass is 382 g/mol. The van der Waals surface area contributed by atoms with Gasteiger partial charge in [0, 0.05) is 5.92 Å². The van der Waals surface area contributed by atoms with E-state index in [9.17, 15) is 9.90 Å². The second-order valence-electron chi connectivity index (χ2n) is 8.52. The predicted molar refractivity (Wildman–Crippen MR) is 109 cm³/mol. The summed E-state index contributed by atoms with van der Waals surface area (Å²) in [4.78, 5) is 11.1. The number of carbonyl (C=O) groups is 1. The number of benzene rings is 1. The second kappa shape index (κ2) is 8.62. The maximum Gasteiger partial charge on any atom is 0.335 e. The summed E-state index contributed by atoms with van der Waals surface area (Å²) in [7, 11) is 0. The van der Waals surface area contributed by atoms with Crippen LogP contribution >= 0.6 is 0 Å². The highest BCUT2D eigenvalue weighted by molar-refractivity contribution is 5.88. The van der Waals surface area contributed by atoms with Crippen LogP contribution in [0.3, 0.4) is 0 Å². The minimum absolute atomic E-state index is 0.283. The van der Waals surface area contributed by atoms with Crippen molar-refractivity contribution in [3.8, 4) is 0 Å². The average molecular weight is 383 g/mol. The Morgan fingerprint density at radius 2 is 1.96 bits per heavy atom. The first-order chi connectivity index (χ1) is 13.6. The molecule has 2 bridgehead atoms. The van der Waals surface area contributed by atoms with E-state index >= 15 is 0 Å². The third-order valence-electron chi connectivity index (χ3n) is 6.75. The molecule has 4 nitrogen and oxygen atoms in total. The Balaban J connectivity index is 1.39. The first kappa shape index (κ1) is 19.4. The Morgan fingerprint density at radius 3 is 2.75 bits per heavy atom. The first-order valence-corrected chi connectivity index (χ1v) is 10.6. The average Bonchev–Trinajstić information content (AvgIpc) is 3.44. The minimum atomic E-state index is -0.900. The Hall–Kier alpha value is -1.91.